The van der Waals surface area contributed by atoms with Crippen LogP contribution >= 0.6 is 0 Å². The molecule has 1 aromatic heterocycles. The number of fused-ring (bicyclic) bond motifs is 1. The second kappa shape index (κ2) is 6.64. The number of benzene rings is 2. The molecular formula is C24H22N2. The van der Waals surface area contributed by atoms with Crippen LogP contribution < -0.4 is 4.90 Å². The van der Waals surface area contributed by atoms with E-state index in [9.17, 15) is 0 Å². The normalized spacial score (nSPS) is 15.5. The monoisotopic (exact) mass is 338 g/mol. The van der Waals surface area contributed by atoms with E-state index in [1.54, 1.807) is 0 Å². The van der Waals surface area contributed by atoms with Crippen molar-refractivity contribution in [3.63, 3.8) is 0 Å². The number of hydrogen-bond donors (Lipinski definition) is 0. The van der Waals surface area contributed by atoms with E-state index in [-0.39, 0.29) is 5.41 Å². The van der Waals surface area contributed by atoms with Crippen molar-refractivity contribution in [2.45, 2.75) is 13.8 Å². The number of allylic oxidation sites excluding steroid dienone is 5. The average Bonchev–Trinajstić information content (AvgIpc) is 2.84. The van der Waals surface area contributed by atoms with Gasteiger partial charge in [-0.25, -0.2) is 4.98 Å². The Bertz CT molecular complexity index is 1010. The fraction of sp³-hybridized carbons (Fsp3) is 0.125. The highest BCUT2D eigenvalue weighted by atomic mass is 15.2. The number of nitrogens with zero attached hydrogens (tertiary/aromatic N) is 2. The Morgan fingerprint density at radius 3 is 2.42 bits per heavy atom. The molecule has 0 bridgehead atoms. The third kappa shape index (κ3) is 3.31. The summed E-state index contributed by atoms with van der Waals surface area (Å²) in [6.07, 6.45) is 10.9. The van der Waals surface area contributed by atoms with E-state index in [0.29, 0.717) is 0 Å². The minimum atomic E-state index is 0.0391. The lowest BCUT2D eigenvalue weighted by Gasteiger charge is -2.25. The maximum Gasteiger partial charge on any atom is 0.138 e. The molecule has 2 nitrogen and oxygen atoms in total. The number of para-hydroxylation sites is 2. The van der Waals surface area contributed by atoms with Gasteiger partial charge in [-0.1, -0.05) is 68.5 Å². The first-order chi connectivity index (χ1) is 12.6. The highest BCUT2D eigenvalue weighted by molar-refractivity contribution is 5.82. The van der Waals surface area contributed by atoms with E-state index in [1.807, 2.05) is 18.2 Å². The summed E-state index contributed by atoms with van der Waals surface area (Å²) >= 11 is 0. The molecule has 1 heterocycles. The molecule has 0 aliphatic heterocycles. The van der Waals surface area contributed by atoms with Crippen molar-refractivity contribution >= 4 is 22.4 Å². The molecule has 0 saturated heterocycles. The zero-order valence-electron chi connectivity index (χ0n) is 15.1. The summed E-state index contributed by atoms with van der Waals surface area (Å²) in [6, 6.07) is 22.8. The largest absolute Gasteiger partial charge is 0.295 e. The van der Waals surface area contributed by atoms with Crippen molar-refractivity contribution in [2.75, 3.05) is 4.90 Å². The predicted octanol–water partition coefficient (Wildman–Crippen LogP) is 6.41. The minimum absolute atomic E-state index is 0.0391. The fourth-order valence-corrected chi connectivity index (χ4v) is 3.13. The minimum Gasteiger partial charge on any atom is -0.295 e. The van der Waals surface area contributed by atoms with Gasteiger partial charge in [0.15, 0.2) is 0 Å². The molecule has 0 N–H and O–H groups in total. The van der Waals surface area contributed by atoms with E-state index in [1.165, 1.54) is 0 Å². The van der Waals surface area contributed by atoms with E-state index < -0.39 is 0 Å². The summed E-state index contributed by atoms with van der Waals surface area (Å²) in [6.45, 7) is 4.41. The Morgan fingerprint density at radius 1 is 0.808 bits per heavy atom. The van der Waals surface area contributed by atoms with E-state index in [2.05, 4.69) is 97.7 Å². The molecule has 0 amide bonds. The molecule has 4 rings (SSSR count). The van der Waals surface area contributed by atoms with Crippen molar-refractivity contribution in [1.29, 1.82) is 0 Å². The van der Waals surface area contributed by atoms with E-state index in [0.717, 1.165) is 28.1 Å². The molecule has 0 radical (unpaired) electrons. The Hall–Kier alpha value is -3.13. The maximum absolute atomic E-state index is 4.92. The molecule has 2 aromatic carbocycles. The summed E-state index contributed by atoms with van der Waals surface area (Å²) in [4.78, 5) is 7.12. The summed E-state index contributed by atoms with van der Waals surface area (Å²) in [5.41, 5.74) is 3.23. The molecular weight excluding hydrogens is 316 g/mol. The third-order valence-corrected chi connectivity index (χ3v) is 4.56. The lowest BCUT2D eigenvalue weighted by Crippen LogP contribution is -2.16. The lowest BCUT2D eigenvalue weighted by molar-refractivity contribution is 0.627. The number of aromatic nitrogens is 1. The number of pyridine rings is 1. The highest BCUT2D eigenvalue weighted by Crippen LogP contribution is 2.32. The molecule has 0 atom stereocenters. The lowest BCUT2D eigenvalue weighted by atomic mass is 9.93. The van der Waals surface area contributed by atoms with Gasteiger partial charge in [-0.2, -0.15) is 0 Å². The molecule has 26 heavy (non-hydrogen) atoms. The summed E-state index contributed by atoms with van der Waals surface area (Å²) in [5.74, 6) is 0.916. The zero-order chi connectivity index (χ0) is 18.0. The zero-order valence-corrected chi connectivity index (χ0v) is 15.1. The highest BCUT2D eigenvalue weighted by Gasteiger charge is 2.17. The first kappa shape index (κ1) is 16.3. The van der Waals surface area contributed by atoms with Gasteiger partial charge in [0.2, 0.25) is 0 Å². The quantitative estimate of drug-likeness (QED) is 0.548. The van der Waals surface area contributed by atoms with Gasteiger partial charge in [0.05, 0.1) is 5.52 Å². The van der Waals surface area contributed by atoms with Gasteiger partial charge < -0.3 is 0 Å². The Morgan fingerprint density at radius 2 is 1.58 bits per heavy atom. The van der Waals surface area contributed by atoms with Crippen LogP contribution in [0, 0.1) is 5.41 Å². The third-order valence-electron chi connectivity index (χ3n) is 4.56. The first-order valence-electron chi connectivity index (χ1n) is 8.92. The summed E-state index contributed by atoms with van der Waals surface area (Å²) in [5, 5.41) is 1.15. The van der Waals surface area contributed by atoms with Crippen LogP contribution in [0.1, 0.15) is 13.8 Å². The first-order valence-corrected chi connectivity index (χ1v) is 8.92. The van der Waals surface area contributed by atoms with Gasteiger partial charge in [0, 0.05) is 22.2 Å². The Kier molecular flexibility index (Phi) is 4.18. The van der Waals surface area contributed by atoms with Crippen LogP contribution in [0.2, 0.25) is 0 Å². The molecule has 0 saturated carbocycles. The van der Waals surface area contributed by atoms with Crippen LogP contribution in [-0.4, -0.2) is 4.98 Å². The molecule has 2 heteroatoms. The molecule has 0 fully saturated rings. The van der Waals surface area contributed by atoms with Crippen molar-refractivity contribution in [1.82, 2.24) is 4.98 Å². The molecule has 1 aliphatic carbocycles. The van der Waals surface area contributed by atoms with Gasteiger partial charge in [-0.3, -0.25) is 4.90 Å². The maximum atomic E-state index is 4.92. The van der Waals surface area contributed by atoms with Crippen LogP contribution in [0.5, 0.6) is 0 Å². The van der Waals surface area contributed by atoms with Gasteiger partial charge >= 0.3 is 0 Å². The van der Waals surface area contributed by atoms with Gasteiger partial charge in [-0.05, 0) is 42.5 Å². The topological polar surface area (TPSA) is 16.1 Å². The number of anilines is 2. The number of rotatable bonds is 3. The molecule has 0 unspecified atom stereocenters. The standard InChI is InChI=1S/C24H22N2/c1-24(2)17-8-12-21(16-18-24)26(20-10-4-3-5-11-20)23-15-14-19-9-6-7-13-22(19)25-23/h3-18H,1-2H3. The van der Waals surface area contributed by atoms with Crippen LogP contribution in [0.15, 0.2) is 103 Å². The summed E-state index contributed by atoms with van der Waals surface area (Å²) < 4.78 is 0. The van der Waals surface area contributed by atoms with Crippen LogP contribution in [-0.2, 0) is 0 Å². The second-order valence-electron chi connectivity index (χ2n) is 7.14. The van der Waals surface area contributed by atoms with Crippen LogP contribution in [0.3, 0.4) is 0 Å². The van der Waals surface area contributed by atoms with Crippen LogP contribution in [0.25, 0.3) is 10.9 Å². The number of hydrogen-bond acceptors (Lipinski definition) is 2. The molecule has 0 spiro atoms. The molecule has 128 valence electrons. The molecule has 1 aliphatic rings. The Balaban J connectivity index is 1.86. The van der Waals surface area contributed by atoms with Crippen molar-refractivity contribution in [2.24, 2.45) is 5.41 Å². The van der Waals surface area contributed by atoms with E-state index >= 15 is 0 Å². The van der Waals surface area contributed by atoms with Gasteiger partial charge in [-0.15, -0.1) is 0 Å². The Labute approximate surface area is 154 Å². The smallest absolute Gasteiger partial charge is 0.138 e. The van der Waals surface area contributed by atoms with Crippen molar-refractivity contribution in [3.05, 3.63) is 103 Å². The van der Waals surface area contributed by atoms with Crippen LogP contribution in [0.4, 0.5) is 11.5 Å². The van der Waals surface area contributed by atoms with Crippen molar-refractivity contribution < 1.29 is 0 Å². The van der Waals surface area contributed by atoms with Gasteiger partial charge in [0.25, 0.3) is 0 Å². The van der Waals surface area contributed by atoms with E-state index in [4.69, 9.17) is 4.98 Å². The van der Waals surface area contributed by atoms with Gasteiger partial charge in [0.1, 0.15) is 5.82 Å². The SMILES string of the molecule is CC1(C)C=CC=C(N(c2ccccc2)c2ccc3ccccc3n2)C=C1. The summed E-state index contributed by atoms with van der Waals surface area (Å²) in [7, 11) is 0. The molecule has 3 aromatic rings. The van der Waals surface area contributed by atoms with Crippen molar-refractivity contribution in [3.8, 4) is 0 Å². The fourth-order valence-electron chi connectivity index (χ4n) is 3.13. The average molecular weight is 338 g/mol. The second-order valence-corrected chi connectivity index (χ2v) is 7.14. The predicted molar refractivity (Wildman–Crippen MR) is 110 cm³/mol.